The van der Waals surface area contributed by atoms with Crippen molar-refractivity contribution >= 4 is 81.5 Å². The number of rotatable bonds is 11. The number of aromatic nitrogens is 8. The first kappa shape index (κ1) is 36.4. The lowest BCUT2D eigenvalue weighted by atomic mass is 10.0. The van der Waals surface area contributed by atoms with Crippen LogP contribution in [0.1, 0.15) is 37.8 Å². The van der Waals surface area contributed by atoms with Crippen LogP contribution in [0.2, 0.25) is 25.2 Å². The molecule has 0 unspecified atom stereocenters. The molecule has 16 nitrogen and oxygen atoms in total. The number of carbonyl (C=O) groups is 4. The van der Waals surface area contributed by atoms with Crippen LogP contribution in [0.5, 0.6) is 11.5 Å². The van der Waals surface area contributed by atoms with Crippen LogP contribution in [0.4, 0.5) is 0 Å². The van der Waals surface area contributed by atoms with Crippen molar-refractivity contribution in [2.45, 2.75) is 20.0 Å². The average Bonchev–Trinajstić information content (AvgIpc) is 3.86. The van der Waals surface area contributed by atoms with Gasteiger partial charge in [0.2, 0.25) is 11.6 Å². The second kappa shape index (κ2) is 14.0. The average molecular weight is 809 g/mol. The Labute approximate surface area is 315 Å². The Morgan fingerprint density at radius 1 is 0.712 bits per heavy atom. The molecule has 0 saturated heterocycles. The molecule has 0 bridgehead atoms. The van der Waals surface area contributed by atoms with Gasteiger partial charge in [-0.3, -0.25) is 19.2 Å². The number of benzene rings is 2. The number of H-pyrrole nitrogens is 1. The third kappa shape index (κ3) is 6.69. The van der Waals surface area contributed by atoms with E-state index in [1.165, 1.54) is 36.0 Å². The maximum absolute atomic E-state index is 14.1. The van der Waals surface area contributed by atoms with Crippen molar-refractivity contribution in [3.63, 3.8) is 0 Å². The summed E-state index contributed by atoms with van der Waals surface area (Å²) in [5.74, 6) is -5.08. The molecule has 4 heterocycles. The monoisotopic (exact) mass is 806 g/mol. The van der Waals surface area contributed by atoms with Crippen molar-refractivity contribution < 1.29 is 39.6 Å². The van der Waals surface area contributed by atoms with Gasteiger partial charge in [-0.2, -0.15) is 0 Å². The minimum Gasteiger partial charge on any atom is -0.507 e. The van der Waals surface area contributed by atoms with E-state index in [0.29, 0.717) is 0 Å². The maximum Gasteiger partial charge on any atom is 0.325 e. The van der Waals surface area contributed by atoms with E-state index < -0.39 is 48.1 Å². The van der Waals surface area contributed by atoms with Gasteiger partial charge in [0.1, 0.15) is 51.8 Å². The van der Waals surface area contributed by atoms with Gasteiger partial charge in [-0.15, -0.1) is 10.2 Å². The van der Waals surface area contributed by atoms with Gasteiger partial charge in [-0.1, -0.05) is 68.4 Å². The third-order valence-electron chi connectivity index (χ3n) is 7.62. The van der Waals surface area contributed by atoms with E-state index in [0.717, 1.165) is 27.6 Å². The summed E-state index contributed by atoms with van der Waals surface area (Å²) in [4.78, 5) is 52.9. The molecule has 52 heavy (non-hydrogen) atoms. The van der Waals surface area contributed by atoms with Crippen molar-refractivity contribution in [2.75, 3.05) is 0 Å². The zero-order valence-electron chi connectivity index (χ0n) is 25.9. The quantitative estimate of drug-likeness (QED) is 0.0958. The molecule has 0 saturated carbocycles. The second-order valence-electron chi connectivity index (χ2n) is 11.0. The number of nitrogens with zero attached hydrogens (tertiary/aromatic N) is 7. The Morgan fingerprint density at radius 3 is 1.67 bits per heavy atom. The van der Waals surface area contributed by atoms with Crippen LogP contribution < -0.4 is 0 Å². The highest BCUT2D eigenvalue weighted by Crippen LogP contribution is 2.41. The highest BCUT2D eigenvalue weighted by Gasteiger charge is 2.31. The number of hydrogen-bond acceptors (Lipinski definition) is 10. The molecule has 266 valence electrons. The van der Waals surface area contributed by atoms with Crippen molar-refractivity contribution in [3.8, 4) is 39.7 Å². The molecule has 0 spiro atoms. The fourth-order valence-electron chi connectivity index (χ4n) is 5.27. The van der Waals surface area contributed by atoms with Crippen LogP contribution in [-0.2, 0) is 22.7 Å². The van der Waals surface area contributed by atoms with Gasteiger partial charge in [-0.05, 0) is 37.3 Å². The summed E-state index contributed by atoms with van der Waals surface area (Å²) in [6, 6.07) is 5.91. The minimum atomic E-state index is -1.16. The smallest absolute Gasteiger partial charge is 0.325 e. The summed E-state index contributed by atoms with van der Waals surface area (Å²) in [5, 5.41) is 54.8. The number of ketones is 2. The van der Waals surface area contributed by atoms with Gasteiger partial charge < -0.3 is 30.0 Å². The molecule has 6 rings (SSSR count). The van der Waals surface area contributed by atoms with E-state index in [1.54, 1.807) is 0 Å². The second-order valence-corrected chi connectivity index (χ2v) is 13.0. The molecule has 21 heteroatoms. The molecule has 5 N–H and O–H groups in total. The van der Waals surface area contributed by atoms with E-state index in [1.807, 2.05) is 0 Å². The molecule has 4 aromatic heterocycles. The van der Waals surface area contributed by atoms with Gasteiger partial charge in [0.25, 0.3) is 0 Å². The van der Waals surface area contributed by atoms with Gasteiger partial charge in [0.15, 0.2) is 0 Å². The van der Waals surface area contributed by atoms with Gasteiger partial charge in [0.05, 0.1) is 50.0 Å². The summed E-state index contributed by atoms with van der Waals surface area (Å²) >= 11 is 32.5. The molecule has 0 aliphatic heterocycles. The van der Waals surface area contributed by atoms with Gasteiger partial charge in [-0.25, -0.2) is 9.36 Å². The van der Waals surface area contributed by atoms with Crippen LogP contribution in [0, 0.1) is 6.92 Å². The van der Waals surface area contributed by atoms with E-state index in [-0.39, 0.29) is 81.7 Å². The highest BCUT2D eigenvalue weighted by atomic mass is 35.5. The predicted molar refractivity (Wildman–Crippen MR) is 186 cm³/mol. The number of carbonyl (C=O) groups excluding carboxylic acids is 2. The van der Waals surface area contributed by atoms with E-state index in [9.17, 15) is 29.4 Å². The Kier molecular flexibility index (Phi) is 9.78. The summed E-state index contributed by atoms with van der Waals surface area (Å²) in [5.41, 5.74) is -0.413. The lowest BCUT2D eigenvalue weighted by molar-refractivity contribution is -0.138. The Morgan fingerprint density at radius 2 is 1.19 bits per heavy atom. The largest absolute Gasteiger partial charge is 0.507 e. The van der Waals surface area contributed by atoms with E-state index >= 15 is 0 Å². The first-order valence-electron chi connectivity index (χ1n) is 14.4. The van der Waals surface area contributed by atoms with Crippen LogP contribution in [0.3, 0.4) is 0 Å². The van der Waals surface area contributed by atoms with Gasteiger partial charge in [0, 0.05) is 16.8 Å². The first-order valence-corrected chi connectivity index (χ1v) is 16.3. The Bertz CT molecular complexity index is 2310. The molecule has 0 amide bonds. The number of phenolic OH excluding ortho intramolecular Hbond substituents is 2. The number of phenols is 2. The van der Waals surface area contributed by atoms with Crippen molar-refractivity contribution in [1.29, 1.82) is 0 Å². The number of aromatic hydroxyl groups is 2. The highest BCUT2D eigenvalue weighted by molar-refractivity contribution is 6.44. The molecule has 0 atom stereocenters. The summed E-state index contributed by atoms with van der Waals surface area (Å²) in [7, 11) is 0. The third-order valence-corrected chi connectivity index (χ3v) is 9.38. The molecule has 2 aromatic carbocycles. The Hall–Kier alpha value is -5.39. The minimum absolute atomic E-state index is 0.0386. The molecule has 0 aliphatic carbocycles. The Balaban J connectivity index is 1.40. The normalized spacial score (nSPS) is 11.3. The molecular weight excluding hydrogens is 790 g/mol. The van der Waals surface area contributed by atoms with Crippen molar-refractivity contribution in [1.82, 2.24) is 39.5 Å². The van der Waals surface area contributed by atoms with Crippen molar-refractivity contribution in [3.05, 3.63) is 96.2 Å². The molecule has 0 aliphatic rings. The molecular formula is C31H19Cl5N8O8. The SMILES string of the molecule is Cc1c(Cl)cc(C(=O)c2cc(Cl)c(-c3cn(CC(=O)O)nn3)cc2O)n1-c1c(C(=O)c2cc(Cl)c(-c3cn(CC(=O)O)nn3)cc2O)[nH]c(Cl)c1Cl. The molecule has 0 radical (unpaired) electrons. The zero-order chi connectivity index (χ0) is 37.8. The number of carboxylic acids is 2. The number of halogens is 5. The fourth-order valence-corrected chi connectivity index (χ4v) is 6.39. The topological polar surface area (TPSA) is 231 Å². The lowest BCUT2D eigenvalue weighted by Gasteiger charge is -2.14. The van der Waals surface area contributed by atoms with E-state index in [2.05, 4.69) is 25.6 Å². The number of hydrogen-bond donors (Lipinski definition) is 5. The van der Waals surface area contributed by atoms with Gasteiger partial charge >= 0.3 is 11.9 Å². The summed E-state index contributed by atoms with van der Waals surface area (Å²) in [6.07, 6.45) is 2.59. The first-order chi connectivity index (χ1) is 24.5. The number of nitrogens with one attached hydrogen (secondary N) is 1. The van der Waals surface area contributed by atoms with Crippen LogP contribution in [-0.4, -0.2) is 83.5 Å². The molecule has 0 fully saturated rings. The van der Waals surface area contributed by atoms with Crippen LogP contribution >= 0.6 is 58.0 Å². The standard InChI is InChI=1S/C31H19Cl5N8O8/c1-11-16(32)6-21(29(51)14-2-17(33)12(4-22(14)45)19-7-42(40-38-19)9-24(47)48)44(11)28-26(35)31(36)37-27(28)30(52)15-3-18(34)13(5-23(15)46)20-8-43(41-39-20)10-25(49)50/h2-8,37,45-46H,9-10H2,1H3,(H,47,48)(H,49,50). The predicted octanol–water partition coefficient (Wildman–Crippen LogP) is 5.94. The maximum atomic E-state index is 14.1. The number of carboxylic acid groups (broad SMARTS) is 2. The fraction of sp³-hybridized carbons (Fsp3) is 0.0968. The lowest BCUT2D eigenvalue weighted by Crippen LogP contribution is -2.14. The zero-order valence-corrected chi connectivity index (χ0v) is 29.7. The molecule has 6 aromatic rings. The number of aliphatic carboxylic acids is 2. The van der Waals surface area contributed by atoms with Crippen molar-refractivity contribution in [2.24, 2.45) is 0 Å². The summed E-state index contributed by atoms with van der Waals surface area (Å²) < 4.78 is 3.34. The summed E-state index contributed by atoms with van der Waals surface area (Å²) in [6.45, 7) is 0.579. The van der Waals surface area contributed by atoms with E-state index in [4.69, 9.17) is 68.2 Å². The van der Waals surface area contributed by atoms with Crippen LogP contribution in [0.15, 0.2) is 42.7 Å². The number of aromatic amines is 1. The van der Waals surface area contributed by atoms with Crippen LogP contribution in [0.25, 0.3) is 28.2 Å².